The molecule has 3 heterocycles. The second kappa shape index (κ2) is 9.30. The Balaban J connectivity index is 1.28. The molecule has 2 N–H and O–H groups in total. The highest BCUT2D eigenvalue weighted by Gasteiger charge is 2.27. The van der Waals surface area contributed by atoms with Crippen LogP contribution in [0.5, 0.6) is 0 Å². The third kappa shape index (κ3) is 4.64. The minimum Gasteiger partial charge on any atom is -0.353 e. The average molecular weight is 451 g/mol. The van der Waals surface area contributed by atoms with Gasteiger partial charge in [0.25, 0.3) is 0 Å². The molecule has 0 radical (unpaired) electrons. The number of fused-ring (bicyclic) bond motifs is 1. The summed E-state index contributed by atoms with van der Waals surface area (Å²) in [5.74, 6) is 1.75. The summed E-state index contributed by atoms with van der Waals surface area (Å²) in [7, 11) is 0. The zero-order valence-electron chi connectivity index (χ0n) is 17.9. The summed E-state index contributed by atoms with van der Waals surface area (Å²) in [5, 5.41) is 8.65. The smallest absolute Gasteiger partial charge is 0.227 e. The highest BCUT2D eigenvalue weighted by Crippen LogP contribution is 2.26. The number of hydrogen-bond donors (Lipinski definition) is 2. The van der Waals surface area contributed by atoms with Gasteiger partial charge in [0, 0.05) is 55.7 Å². The van der Waals surface area contributed by atoms with Gasteiger partial charge in [0.1, 0.15) is 5.82 Å². The number of amides is 1. The third-order valence-corrected chi connectivity index (χ3v) is 6.39. The second-order valence-corrected chi connectivity index (χ2v) is 8.83. The molecule has 0 spiro atoms. The summed E-state index contributed by atoms with van der Waals surface area (Å²) in [5.41, 5.74) is 1.92. The number of rotatable bonds is 5. The summed E-state index contributed by atoms with van der Waals surface area (Å²) < 4.78 is 0. The van der Waals surface area contributed by atoms with Gasteiger partial charge in [-0.05, 0) is 36.2 Å². The maximum absolute atomic E-state index is 12.8. The molecule has 0 unspecified atom stereocenters. The molecule has 8 heteroatoms. The topological polar surface area (TPSA) is 73.4 Å². The zero-order chi connectivity index (χ0) is 21.9. The van der Waals surface area contributed by atoms with Crippen molar-refractivity contribution in [2.24, 2.45) is 0 Å². The Morgan fingerprint density at radius 2 is 1.84 bits per heavy atom. The number of anilines is 2. The minimum atomic E-state index is 0.137. The van der Waals surface area contributed by atoms with Gasteiger partial charge in [-0.1, -0.05) is 35.9 Å². The third-order valence-electron chi connectivity index (χ3n) is 6.14. The van der Waals surface area contributed by atoms with Crippen molar-refractivity contribution < 1.29 is 4.79 Å². The predicted octanol–water partition coefficient (Wildman–Crippen LogP) is 2.95. The van der Waals surface area contributed by atoms with Crippen molar-refractivity contribution in [3.8, 4) is 0 Å². The number of halogens is 1. The molecule has 0 bridgehead atoms. The number of aromatic nitrogens is 2. The van der Waals surface area contributed by atoms with Crippen molar-refractivity contribution in [3.63, 3.8) is 0 Å². The number of likely N-dealkylation sites (tertiary alicyclic amines) is 1. The van der Waals surface area contributed by atoms with Crippen molar-refractivity contribution in [3.05, 3.63) is 59.1 Å². The van der Waals surface area contributed by atoms with Crippen molar-refractivity contribution in [2.45, 2.75) is 18.9 Å². The first-order valence-electron chi connectivity index (χ1n) is 11.2. The Bertz CT molecular complexity index is 1100. The van der Waals surface area contributed by atoms with E-state index in [9.17, 15) is 4.79 Å². The van der Waals surface area contributed by atoms with E-state index in [1.54, 1.807) is 0 Å². The number of para-hydroxylation sites is 1. The monoisotopic (exact) mass is 450 g/mol. The maximum Gasteiger partial charge on any atom is 0.227 e. The van der Waals surface area contributed by atoms with Gasteiger partial charge in [-0.15, -0.1) is 0 Å². The van der Waals surface area contributed by atoms with Gasteiger partial charge in [0.2, 0.25) is 11.9 Å². The van der Waals surface area contributed by atoms with E-state index < -0.39 is 0 Å². The second-order valence-electron chi connectivity index (χ2n) is 8.40. The van der Waals surface area contributed by atoms with Crippen molar-refractivity contribution in [2.75, 3.05) is 49.5 Å². The van der Waals surface area contributed by atoms with E-state index in [1.165, 1.54) is 0 Å². The van der Waals surface area contributed by atoms with E-state index in [0.717, 1.165) is 61.4 Å². The first kappa shape index (κ1) is 21.0. The van der Waals surface area contributed by atoms with Gasteiger partial charge >= 0.3 is 0 Å². The highest BCUT2D eigenvalue weighted by atomic mass is 35.5. The summed E-state index contributed by atoms with van der Waals surface area (Å²) in [6, 6.07) is 15.8. The normalized spacial score (nSPS) is 18.8. The zero-order valence-corrected chi connectivity index (χ0v) is 18.7. The first-order valence-corrected chi connectivity index (χ1v) is 11.5. The lowest BCUT2D eigenvalue weighted by Crippen LogP contribution is -2.44. The number of hydrogen-bond acceptors (Lipinski definition) is 6. The molecule has 1 aromatic heterocycles. The van der Waals surface area contributed by atoms with Crippen LogP contribution in [-0.4, -0.2) is 66.1 Å². The molecule has 3 aromatic rings. The molecule has 2 aliphatic heterocycles. The van der Waals surface area contributed by atoms with Gasteiger partial charge in [0.05, 0.1) is 11.9 Å². The highest BCUT2D eigenvalue weighted by molar-refractivity contribution is 6.30. The van der Waals surface area contributed by atoms with Gasteiger partial charge in [0.15, 0.2) is 0 Å². The summed E-state index contributed by atoms with van der Waals surface area (Å²) in [6.45, 7) is 5.16. The SMILES string of the molecule is O=C(Cc1ccc(Cl)cc1)N1CC[C@H](Nc2nc(N3CCNCC3)c3ccccc3n2)C1. The quantitative estimate of drug-likeness (QED) is 0.622. The number of carbonyl (C=O) groups is 1. The molecule has 7 nitrogen and oxygen atoms in total. The standard InChI is InChI=1S/C24H27ClN6O/c25-18-7-5-17(6-8-18)15-22(32)31-12-9-19(16-31)27-24-28-21-4-2-1-3-20(21)23(29-24)30-13-10-26-11-14-30/h1-8,19,26H,9-16H2,(H,27,28,29)/t19-/m0/s1. The Labute approximate surface area is 192 Å². The van der Waals surface area contributed by atoms with Crippen LogP contribution in [0.3, 0.4) is 0 Å². The molecule has 2 aromatic carbocycles. The number of carbonyl (C=O) groups excluding carboxylic acids is 1. The predicted molar refractivity (Wildman–Crippen MR) is 128 cm³/mol. The molecule has 2 saturated heterocycles. The average Bonchev–Trinajstić information content (AvgIpc) is 3.29. The molecule has 1 amide bonds. The lowest BCUT2D eigenvalue weighted by atomic mass is 10.1. The van der Waals surface area contributed by atoms with E-state index in [2.05, 4.69) is 21.6 Å². The van der Waals surface area contributed by atoms with Crippen LogP contribution in [0.25, 0.3) is 10.9 Å². The Morgan fingerprint density at radius 3 is 2.66 bits per heavy atom. The largest absolute Gasteiger partial charge is 0.353 e. The van der Waals surface area contributed by atoms with Crippen molar-refractivity contribution in [1.82, 2.24) is 20.2 Å². The van der Waals surface area contributed by atoms with Crippen LogP contribution in [0.15, 0.2) is 48.5 Å². The number of piperazine rings is 1. The fourth-order valence-electron chi connectivity index (χ4n) is 4.42. The van der Waals surface area contributed by atoms with Crippen molar-refractivity contribution >= 4 is 40.2 Å². The Morgan fingerprint density at radius 1 is 1.06 bits per heavy atom. The van der Waals surface area contributed by atoms with E-state index >= 15 is 0 Å². The molecule has 2 aliphatic rings. The number of nitrogens with zero attached hydrogens (tertiary/aromatic N) is 4. The molecule has 2 fully saturated rings. The fraction of sp³-hybridized carbons (Fsp3) is 0.375. The van der Waals surface area contributed by atoms with Gasteiger partial charge in [-0.25, -0.2) is 4.98 Å². The molecule has 166 valence electrons. The molecule has 0 aliphatic carbocycles. The van der Waals surface area contributed by atoms with E-state index in [-0.39, 0.29) is 11.9 Å². The fourth-order valence-corrected chi connectivity index (χ4v) is 4.54. The molecule has 32 heavy (non-hydrogen) atoms. The first-order chi connectivity index (χ1) is 15.7. The maximum atomic E-state index is 12.8. The van der Waals surface area contributed by atoms with Gasteiger partial charge < -0.3 is 20.4 Å². The van der Waals surface area contributed by atoms with Crippen LogP contribution in [0.2, 0.25) is 5.02 Å². The van der Waals surface area contributed by atoms with Gasteiger partial charge in [-0.2, -0.15) is 4.98 Å². The van der Waals surface area contributed by atoms with E-state index in [0.29, 0.717) is 23.9 Å². The Hall–Kier alpha value is -2.90. The van der Waals surface area contributed by atoms with Crippen LogP contribution in [0.1, 0.15) is 12.0 Å². The molecule has 5 rings (SSSR count). The number of nitrogens with one attached hydrogen (secondary N) is 2. The van der Waals surface area contributed by atoms with Crippen LogP contribution in [-0.2, 0) is 11.2 Å². The minimum absolute atomic E-state index is 0.137. The van der Waals surface area contributed by atoms with Gasteiger partial charge in [-0.3, -0.25) is 4.79 Å². The van der Waals surface area contributed by atoms with Crippen LogP contribution in [0.4, 0.5) is 11.8 Å². The van der Waals surface area contributed by atoms with Crippen LogP contribution in [0, 0.1) is 0 Å². The summed E-state index contributed by atoms with van der Waals surface area (Å²) >= 11 is 5.95. The van der Waals surface area contributed by atoms with Crippen molar-refractivity contribution in [1.29, 1.82) is 0 Å². The molecular formula is C24H27ClN6O. The molecule has 0 saturated carbocycles. The summed E-state index contributed by atoms with van der Waals surface area (Å²) in [4.78, 5) is 26.7. The summed E-state index contributed by atoms with van der Waals surface area (Å²) in [6.07, 6.45) is 1.27. The van der Waals surface area contributed by atoms with E-state index in [1.807, 2.05) is 47.4 Å². The van der Waals surface area contributed by atoms with E-state index in [4.69, 9.17) is 21.6 Å². The lowest BCUT2D eigenvalue weighted by molar-refractivity contribution is -0.129. The molecule has 1 atom stereocenters. The lowest BCUT2D eigenvalue weighted by Gasteiger charge is -2.29. The molecular weight excluding hydrogens is 424 g/mol. The van der Waals surface area contributed by atoms with Crippen LogP contribution >= 0.6 is 11.6 Å². The Kier molecular flexibility index (Phi) is 6.10. The number of benzene rings is 2. The van der Waals surface area contributed by atoms with Crippen LogP contribution < -0.4 is 15.5 Å².